The van der Waals surface area contributed by atoms with Gasteiger partial charge in [0, 0.05) is 11.2 Å². The van der Waals surface area contributed by atoms with Crippen LogP contribution in [0.4, 0.5) is 10.5 Å². The molecule has 0 aromatic heterocycles. The van der Waals surface area contributed by atoms with E-state index in [-0.39, 0.29) is 17.1 Å². The molecule has 0 bridgehead atoms. The molecule has 0 aliphatic heterocycles. The van der Waals surface area contributed by atoms with E-state index in [1.807, 2.05) is 20.8 Å². The Balaban J connectivity index is 2.70. The van der Waals surface area contributed by atoms with E-state index in [1.165, 1.54) is 12.1 Å². The van der Waals surface area contributed by atoms with Crippen LogP contribution in [-0.4, -0.2) is 22.6 Å². The summed E-state index contributed by atoms with van der Waals surface area (Å²) in [6, 6.07) is 5.78. The van der Waals surface area contributed by atoms with Crippen LogP contribution in [0.25, 0.3) is 0 Å². The lowest BCUT2D eigenvalue weighted by Crippen LogP contribution is -2.45. The molecule has 0 saturated carbocycles. The molecule has 1 aromatic carbocycles. The summed E-state index contributed by atoms with van der Waals surface area (Å²) in [5.41, 5.74) is 0.302. The van der Waals surface area contributed by atoms with Gasteiger partial charge in [-0.3, -0.25) is 0 Å². The first-order chi connectivity index (χ1) is 8.34. The smallest absolute Gasteiger partial charge is 0.335 e. The number of carbonyl (C=O) groups is 2. The molecule has 0 aliphatic rings. The fourth-order valence-corrected chi connectivity index (χ4v) is 1.29. The van der Waals surface area contributed by atoms with Crippen molar-refractivity contribution in [3.05, 3.63) is 29.8 Å². The Bertz CT molecular complexity index is 455. The average Bonchev–Trinajstić information content (AvgIpc) is 2.28. The van der Waals surface area contributed by atoms with E-state index in [9.17, 15) is 9.59 Å². The number of carboxylic acid groups (broad SMARTS) is 1. The molecule has 0 unspecified atom stereocenters. The Hall–Kier alpha value is -2.04. The van der Waals surface area contributed by atoms with Crippen molar-refractivity contribution in [3.8, 4) is 0 Å². The number of carboxylic acids is 1. The van der Waals surface area contributed by atoms with E-state index >= 15 is 0 Å². The van der Waals surface area contributed by atoms with Gasteiger partial charge in [-0.05, 0) is 38.5 Å². The number of nitrogens with one attached hydrogen (secondary N) is 2. The number of rotatable bonds is 4. The third-order valence-electron chi connectivity index (χ3n) is 2.70. The van der Waals surface area contributed by atoms with E-state index in [0.29, 0.717) is 5.69 Å². The van der Waals surface area contributed by atoms with Crippen LogP contribution in [0.3, 0.4) is 0 Å². The largest absolute Gasteiger partial charge is 0.478 e. The van der Waals surface area contributed by atoms with E-state index < -0.39 is 5.97 Å². The summed E-state index contributed by atoms with van der Waals surface area (Å²) in [5.74, 6) is -1.02. The third-order valence-corrected chi connectivity index (χ3v) is 2.70. The van der Waals surface area contributed by atoms with E-state index in [4.69, 9.17) is 5.11 Å². The Morgan fingerprint density at radius 1 is 1.33 bits per heavy atom. The SMILES string of the molecule is CCC(C)(C)NC(=O)Nc1cccc(C(=O)O)c1. The highest BCUT2D eigenvalue weighted by Crippen LogP contribution is 2.12. The lowest BCUT2D eigenvalue weighted by atomic mass is 10.0. The molecule has 0 heterocycles. The molecular weight excluding hydrogens is 232 g/mol. The van der Waals surface area contributed by atoms with Crippen LogP contribution in [0.5, 0.6) is 0 Å². The van der Waals surface area contributed by atoms with E-state index in [0.717, 1.165) is 6.42 Å². The number of amides is 2. The number of urea groups is 1. The van der Waals surface area contributed by atoms with Gasteiger partial charge in [0.2, 0.25) is 0 Å². The molecule has 1 rings (SSSR count). The van der Waals surface area contributed by atoms with Crippen LogP contribution in [0, 0.1) is 0 Å². The number of aromatic carboxylic acids is 1. The van der Waals surface area contributed by atoms with Gasteiger partial charge in [0.15, 0.2) is 0 Å². The van der Waals surface area contributed by atoms with Crippen LogP contribution in [-0.2, 0) is 0 Å². The van der Waals surface area contributed by atoms with Crippen LogP contribution in [0.2, 0.25) is 0 Å². The highest BCUT2D eigenvalue weighted by Gasteiger charge is 2.17. The topological polar surface area (TPSA) is 78.4 Å². The Kier molecular flexibility index (Phi) is 4.31. The summed E-state index contributed by atoms with van der Waals surface area (Å²) >= 11 is 0. The first-order valence-electron chi connectivity index (χ1n) is 5.76. The number of hydrogen-bond donors (Lipinski definition) is 3. The quantitative estimate of drug-likeness (QED) is 0.768. The molecule has 98 valence electrons. The van der Waals surface area contributed by atoms with Gasteiger partial charge >= 0.3 is 12.0 Å². The lowest BCUT2D eigenvalue weighted by Gasteiger charge is -2.24. The molecule has 0 spiro atoms. The minimum absolute atomic E-state index is 0.141. The van der Waals surface area contributed by atoms with Gasteiger partial charge < -0.3 is 15.7 Å². The summed E-state index contributed by atoms with van der Waals surface area (Å²) < 4.78 is 0. The van der Waals surface area contributed by atoms with Crippen molar-refractivity contribution in [1.29, 1.82) is 0 Å². The zero-order chi connectivity index (χ0) is 13.8. The predicted molar refractivity (Wildman–Crippen MR) is 69.9 cm³/mol. The van der Waals surface area contributed by atoms with Crippen LogP contribution in [0.1, 0.15) is 37.6 Å². The molecule has 3 N–H and O–H groups in total. The maximum atomic E-state index is 11.7. The van der Waals surface area contributed by atoms with Crippen molar-refractivity contribution in [2.24, 2.45) is 0 Å². The van der Waals surface area contributed by atoms with Gasteiger partial charge in [0.05, 0.1) is 5.56 Å². The molecule has 0 radical (unpaired) electrons. The summed E-state index contributed by atoms with van der Waals surface area (Å²) in [4.78, 5) is 22.5. The molecule has 5 heteroatoms. The summed E-state index contributed by atoms with van der Waals surface area (Å²) in [6.07, 6.45) is 0.801. The number of carbonyl (C=O) groups excluding carboxylic acids is 1. The summed E-state index contributed by atoms with van der Waals surface area (Å²) in [6.45, 7) is 5.81. The zero-order valence-electron chi connectivity index (χ0n) is 10.8. The Morgan fingerprint density at radius 3 is 2.56 bits per heavy atom. The Labute approximate surface area is 106 Å². The first-order valence-corrected chi connectivity index (χ1v) is 5.76. The third kappa shape index (κ3) is 4.08. The second kappa shape index (κ2) is 5.53. The van der Waals surface area contributed by atoms with E-state index in [2.05, 4.69) is 10.6 Å². The van der Waals surface area contributed by atoms with Gasteiger partial charge in [-0.15, -0.1) is 0 Å². The fraction of sp³-hybridized carbons (Fsp3) is 0.385. The molecule has 0 fully saturated rings. The molecule has 18 heavy (non-hydrogen) atoms. The van der Waals surface area contributed by atoms with Gasteiger partial charge in [-0.25, -0.2) is 9.59 Å². The van der Waals surface area contributed by atoms with Crippen molar-refractivity contribution >= 4 is 17.7 Å². The lowest BCUT2D eigenvalue weighted by molar-refractivity contribution is 0.0697. The number of benzene rings is 1. The highest BCUT2D eigenvalue weighted by molar-refractivity contribution is 5.93. The maximum Gasteiger partial charge on any atom is 0.335 e. The van der Waals surface area contributed by atoms with Crippen LogP contribution < -0.4 is 10.6 Å². The fourth-order valence-electron chi connectivity index (χ4n) is 1.29. The maximum absolute atomic E-state index is 11.7. The first kappa shape index (κ1) is 14.0. The summed E-state index contributed by atoms with van der Waals surface area (Å²) in [5, 5.41) is 14.3. The normalized spacial score (nSPS) is 10.8. The standard InChI is InChI=1S/C13H18N2O3/c1-4-13(2,3)15-12(18)14-10-7-5-6-9(8-10)11(16)17/h5-8H,4H2,1-3H3,(H,16,17)(H2,14,15,18). The van der Waals surface area contributed by atoms with Crippen molar-refractivity contribution in [2.45, 2.75) is 32.7 Å². The predicted octanol–water partition coefficient (Wildman–Crippen LogP) is 2.69. The molecular formula is C13H18N2O3. The van der Waals surface area contributed by atoms with Crippen LogP contribution in [0.15, 0.2) is 24.3 Å². The molecule has 0 atom stereocenters. The highest BCUT2D eigenvalue weighted by atomic mass is 16.4. The molecule has 1 aromatic rings. The number of hydrogen-bond acceptors (Lipinski definition) is 2. The van der Waals surface area contributed by atoms with E-state index in [1.54, 1.807) is 12.1 Å². The van der Waals surface area contributed by atoms with Crippen molar-refractivity contribution in [1.82, 2.24) is 5.32 Å². The zero-order valence-corrected chi connectivity index (χ0v) is 10.8. The minimum Gasteiger partial charge on any atom is -0.478 e. The van der Waals surface area contributed by atoms with Gasteiger partial charge in [-0.1, -0.05) is 13.0 Å². The molecule has 0 saturated heterocycles. The Morgan fingerprint density at radius 2 is 2.00 bits per heavy atom. The average molecular weight is 250 g/mol. The van der Waals surface area contributed by atoms with Gasteiger partial charge in [-0.2, -0.15) is 0 Å². The summed E-state index contributed by atoms with van der Waals surface area (Å²) in [7, 11) is 0. The van der Waals surface area contributed by atoms with Crippen molar-refractivity contribution < 1.29 is 14.7 Å². The monoisotopic (exact) mass is 250 g/mol. The minimum atomic E-state index is -1.02. The van der Waals surface area contributed by atoms with Crippen molar-refractivity contribution in [3.63, 3.8) is 0 Å². The second-order valence-electron chi connectivity index (χ2n) is 4.70. The molecule has 5 nitrogen and oxygen atoms in total. The van der Waals surface area contributed by atoms with Crippen LogP contribution >= 0.6 is 0 Å². The second-order valence-corrected chi connectivity index (χ2v) is 4.70. The molecule has 0 aliphatic carbocycles. The number of anilines is 1. The van der Waals surface area contributed by atoms with Crippen molar-refractivity contribution in [2.75, 3.05) is 5.32 Å². The molecule has 2 amide bonds. The van der Waals surface area contributed by atoms with Gasteiger partial charge in [0.25, 0.3) is 0 Å². The van der Waals surface area contributed by atoms with Gasteiger partial charge in [0.1, 0.15) is 0 Å².